The number of carbonyl (C=O) groups is 1. The van der Waals surface area contributed by atoms with E-state index in [1.54, 1.807) is 30.3 Å². The Morgan fingerprint density at radius 2 is 1.72 bits per heavy atom. The zero-order valence-electron chi connectivity index (χ0n) is 15.7. The van der Waals surface area contributed by atoms with Crippen molar-refractivity contribution in [2.24, 2.45) is 5.73 Å². The Balaban J connectivity index is 1.83. The number of rotatable bonds is 4. The van der Waals surface area contributed by atoms with Crippen LogP contribution in [0.1, 0.15) is 17.3 Å². The van der Waals surface area contributed by atoms with E-state index in [0.29, 0.717) is 17.3 Å². The van der Waals surface area contributed by atoms with Gasteiger partial charge in [-0.15, -0.1) is 0 Å². The van der Waals surface area contributed by atoms with Crippen molar-refractivity contribution in [3.05, 3.63) is 76.9 Å². The molecule has 2 aromatic carbocycles. The van der Waals surface area contributed by atoms with Crippen LogP contribution in [-0.2, 0) is 21.4 Å². The second kappa shape index (κ2) is 7.33. The van der Waals surface area contributed by atoms with E-state index in [0.717, 1.165) is 16.8 Å². The van der Waals surface area contributed by atoms with Crippen molar-refractivity contribution in [1.29, 1.82) is 0 Å². The summed E-state index contributed by atoms with van der Waals surface area (Å²) in [5.74, 6) is -0.740. The highest BCUT2D eigenvalue weighted by Crippen LogP contribution is 2.39. The third kappa shape index (κ3) is 3.35. The minimum atomic E-state index is -3.91. The van der Waals surface area contributed by atoms with Crippen molar-refractivity contribution in [3.8, 4) is 11.3 Å². The minimum absolute atomic E-state index is 0.113. The van der Waals surface area contributed by atoms with Crippen LogP contribution >= 0.6 is 11.6 Å². The average molecular weight is 430 g/mol. The number of amides is 1. The SMILES string of the molecule is Cc1ccc(S(=O)(=O)N2CCn3c(cc(Cl)c3-c3ccccc3)C2C(N)=O)cc1. The van der Waals surface area contributed by atoms with Crippen molar-refractivity contribution < 1.29 is 13.2 Å². The maximum atomic E-state index is 13.3. The molecule has 1 atom stereocenters. The van der Waals surface area contributed by atoms with Crippen LogP contribution in [0.4, 0.5) is 0 Å². The van der Waals surface area contributed by atoms with Gasteiger partial charge in [0.2, 0.25) is 15.9 Å². The predicted molar refractivity (Wildman–Crippen MR) is 112 cm³/mol. The molecule has 8 heteroatoms. The highest BCUT2D eigenvalue weighted by Gasteiger charge is 2.41. The molecule has 0 spiro atoms. The van der Waals surface area contributed by atoms with Crippen molar-refractivity contribution in [2.45, 2.75) is 24.4 Å². The first kappa shape index (κ1) is 19.7. The highest BCUT2D eigenvalue weighted by atomic mass is 35.5. The number of halogens is 1. The molecular weight excluding hydrogens is 410 g/mol. The Hall–Kier alpha value is -2.61. The summed E-state index contributed by atoms with van der Waals surface area (Å²) in [5.41, 5.74) is 8.73. The van der Waals surface area contributed by atoms with Gasteiger partial charge in [0.1, 0.15) is 6.04 Å². The Bertz CT molecular complexity index is 1170. The largest absolute Gasteiger partial charge is 0.368 e. The number of aryl methyl sites for hydroxylation is 1. The summed E-state index contributed by atoms with van der Waals surface area (Å²) in [5, 5.41) is 0.451. The molecule has 1 amide bonds. The number of hydrogen-bond acceptors (Lipinski definition) is 3. The summed E-state index contributed by atoms with van der Waals surface area (Å²) in [6.07, 6.45) is 0. The number of sulfonamides is 1. The number of nitrogens with zero attached hydrogens (tertiary/aromatic N) is 2. The van der Waals surface area contributed by atoms with E-state index in [-0.39, 0.29) is 11.4 Å². The van der Waals surface area contributed by atoms with Gasteiger partial charge in [-0.05, 0) is 30.7 Å². The van der Waals surface area contributed by atoms with E-state index in [4.69, 9.17) is 17.3 Å². The molecule has 0 radical (unpaired) electrons. The van der Waals surface area contributed by atoms with Crippen molar-refractivity contribution in [1.82, 2.24) is 8.87 Å². The Morgan fingerprint density at radius 3 is 2.34 bits per heavy atom. The second-order valence-corrected chi connectivity index (χ2v) is 9.31. The zero-order valence-corrected chi connectivity index (χ0v) is 17.3. The lowest BCUT2D eigenvalue weighted by Crippen LogP contribution is -2.47. The first-order chi connectivity index (χ1) is 13.8. The van der Waals surface area contributed by atoms with Crippen molar-refractivity contribution >= 4 is 27.5 Å². The maximum Gasteiger partial charge on any atom is 0.244 e. The second-order valence-electron chi connectivity index (χ2n) is 7.02. The Labute approximate surface area is 174 Å². The molecule has 2 heterocycles. The fourth-order valence-electron chi connectivity index (χ4n) is 3.76. The van der Waals surface area contributed by atoms with Gasteiger partial charge in [-0.1, -0.05) is 59.6 Å². The molecule has 0 saturated carbocycles. The third-order valence-corrected chi connectivity index (χ3v) is 7.31. The fourth-order valence-corrected chi connectivity index (χ4v) is 5.64. The van der Waals surface area contributed by atoms with Crippen molar-refractivity contribution in [3.63, 3.8) is 0 Å². The van der Waals surface area contributed by atoms with E-state index in [1.165, 1.54) is 4.31 Å². The van der Waals surface area contributed by atoms with Crippen molar-refractivity contribution in [2.75, 3.05) is 6.54 Å². The first-order valence-corrected chi connectivity index (χ1v) is 10.9. The summed E-state index contributed by atoms with van der Waals surface area (Å²) in [4.78, 5) is 12.5. The number of aromatic nitrogens is 1. The fraction of sp³-hybridized carbons (Fsp3) is 0.190. The minimum Gasteiger partial charge on any atom is -0.368 e. The maximum absolute atomic E-state index is 13.3. The topological polar surface area (TPSA) is 85.4 Å². The smallest absolute Gasteiger partial charge is 0.244 e. The molecule has 6 nitrogen and oxygen atoms in total. The number of primary amides is 1. The monoisotopic (exact) mass is 429 g/mol. The summed E-state index contributed by atoms with van der Waals surface area (Å²) in [6.45, 7) is 2.35. The van der Waals surface area contributed by atoms with Crippen LogP contribution in [0.15, 0.2) is 65.6 Å². The van der Waals surface area contributed by atoms with Crippen LogP contribution < -0.4 is 5.73 Å². The molecule has 0 saturated heterocycles. The van der Waals surface area contributed by atoms with Gasteiger partial charge in [0.05, 0.1) is 15.6 Å². The number of fused-ring (bicyclic) bond motifs is 1. The van der Waals surface area contributed by atoms with E-state index < -0.39 is 22.0 Å². The molecule has 1 aliphatic heterocycles. The van der Waals surface area contributed by atoms with Crippen LogP contribution in [0.2, 0.25) is 5.02 Å². The van der Waals surface area contributed by atoms with Gasteiger partial charge in [0.25, 0.3) is 0 Å². The lowest BCUT2D eigenvalue weighted by atomic mass is 10.1. The van der Waals surface area contributed by atoms with E-state index >= 15 is 0 Å². The molecule has 3 aromatic rings. The summed E-state index contributed by atoms with van der Waals surface area (Å²) >= 11 is 6.50. The average Bonchev–Trinajstić information content (AvgIpc) is 3.03. The number of hydrogen-bond donors (Lipinski definition) is 1. The van der Waals surface area contributed by atoms with Gasteiger partial charge in [0, 0.05) is 18.8 Å². The summed E-state index contributed by atoms with van der Waals surface area (Å²) in [6, 6.07) is 16.6. The molecule has 1 aliphatic rings. The molecule has 150 valence electrons. The quantitative estimate of drug-likeness (QED) is 0.690. The number of benzene rings is 2. The standard InChI is InChI=1S/C21H20ClN3O3S/c1-14-7-9-16(10-8-14)29(27,28)25-12-11-24-18(20(25)21(23)26)13-17(22)19(24)15-5-3-2-4-6-15/h2-10,13,20H,11-12H2,1H3,(H2,23,26). The molecule has 0 aliphatic carbocycles. The van der Waals surface area contributed by atoms with Crippen LogP contribution in [0.5, 0.6) is 0 Å². The van der Waals surface area contributed by atoms with Gasteiger partial charge >= 0.3 is 0 Å². The summed E-state index contributed by atoms with van der Waals surface area (Å²) in [7, 11) is -3.91. The highest BCUT2D eigenvalue weighted by molar-refractivity contribution is 7.89. The molecule has 4 rings (SSSR count). The first-order valence-electron chi connectivity index (χ1n) is 9.13. The molecule has 29 heavy (non-hydrogen) atoms. The Kier molecular flexibility index (Phi) is 4.98. The third-order valence-electron chi connectivity index (χ3n) is 5.14. The lowest BCUT2D eigenvalue weighted by Gasteiger charge is -2.34. The van der Waals surface area contributed by atoms with E-state index in [2.05, 4.69) is 0 Å². The van der Waals surface area contributed by atoms with Crippen LogP contribution in [-0.4, -0.2) is 29.7 Å². The summed E-state index contributed by atoms with van der Waals surface area (Å²) < 4.78 is 29.6. The molecule has 1 unspecified atom stereocenters. The molecule has 2 N–H and O–H groups in total. The normalized spacial score (nSPS) is 17.1. The van der Waals surface area contributed by atoms with Gasteiger partial charge in [-0.25, -0.2) is 8.42 Å². The molecule has 1 aromatic heterocycles. The van der Waals surface area contributed by atoms with E-state index in [1.807, 2.05) is 41.8 Å². The Morgan fingerprint density at radius 1 is 1.07 bits per heavy atom. The van der Waals surface area contributed by atoms with Gasteiger partial charge in [-0.3, -0.25) is 4.79 Å². The van der Waals surface area contributed by atoms with Crippen LogP contribution in [0, 0.1) is 6.92 Å². The molecular formula is C21H20ClN3O3S. The predicted octanol–water partition coefficient (Wildman–Crippen LogP) is 3.35. The van der Waals surface area contributed by atoms with Gasteiger partial charge < -0.3 is 10.3 Å². The molecule has 0 bridgehead atoms. The molecule has 0 fully saturated rings. The van der Waals surface area contributed by atoms with Gasteiger partial charge in [0.15, 0.2) is 0 Å². The number of nitrogens with two attached hydrogens (primary N) is 1. The van der Waals surface area contributed by atoms with Gasteiger partial charge in [-0.2, -0.15) is 4.31 Å². The van der Waals surface area contributed by atoms with E-state index in [9.17, 15) is 13.2 Å². The zero-order chi connectivity index (χ0) is 20.8. The lowest BCUT2D eigenvalue weighted by molar-refractivity contribution is -0.122. The van der Waals surface area contributed by atoms with Crippen LogP contribution in [0.25, 0.3) is 11.3 Å². The van der Waals surface area contributed by atoms with Crippen LogP contribution in [0.3, 0.4) is 0 Å². The number of carbonyl (C=O) groups excluding carboxylic acids is 1.